The number of non-ortho nitro benzene ring substituents is 2. The molecule has 0 saturated carbocycles. The summed E-state index contributed by atoms with van der Waals surface area (Å²) in [7, 11) is 0. The van der Waals surface area contributed by atoms with Crippen molar-refractivity contribution in [2.24, 2.45) is 10.7 Å². The van der Waals surface area contributed by atoms with Gasteiger partial charge in [-0.15, -0.1) is 22.9 Å². The Morgan fingerprint density at radius 3 is 1.62 bits per heavy atom. The van der Waals surface area contributed by atoms with Crippen LogP contribution < -0.4 is 16.4 Å². The van der Waals surface area contributed by atoms with Gasteiger partial charge in [0, 0.05) is 126 Å². The molecule has 17 heteroatoms. The zero-order valence-electron chi connectivity index (χ0n) is 40.1. The number of aliphatic imine (C=N–C) groups is 1. The second kappa shape index (κ2) is 25.8. The van der Waals surface area contributed by atoms with E-state index in [2.05, 4.69) is 83.4 Å². The summed E-state index contributed by atoms with van der Waals surface area (Å²) in [6.45, 7) is 16.4. The minimum absolute atomic E-state index is 0.127. The first-order valence-corrected chi connectivity index (χ1v) is 26.0. The second-order valence-electron chi connectivity index (χ2n) is 17.8. The zero-order chi connectivity index (χ0) is 48.5. The van der Waals surface area contributed by atoms with E-state index in [0.29, 0.717) is 17.8 Å². The van der Waals surface area contributed by atoms with Crippen LogP contribution in [-0.2, 0) is 19.6 Å². The minimum Gasteiger partial charge on any atom is -0.383 e. The van der Waals surface area contributed by atoms with Crippen LogP contribution in [-0.4, -0.2) is 110 Å². The molecule has 2 unspecified atom stereocenters. The van der Waals surface area contributed by atoms with Crippen molar-refractivity contribution in [3.05, 3.63) is 134 Å². The van der Waals surface area contributed by atoms with E-state index in [0.717, 1.165) is 110 Å². The van der Waals surface area contributed by atoms with Crippen LogP contribution in [0.3, 0.4) is 0 Å². The number of nitrogens with one attached hydrogen (secondary N) is 2. The van der Waals surface area contributed by atoms with Crippen LogP contribution in [0.5, 0.6) is 0 Å². The number of likely N-dealkylation sites (N-methyl/N-ethyl adjacent to an activating group) is 2. The molecule has 368 valence electrons. The number of aryl methyl sites for hydroxylation is 3. The van der Waals surface area contributed by atoms with Gasteiger partial charge in [0.1, 0.15) is 5.84 Å². The van der Waals surface area contributed by atoms with E-state index in [9.17, 15) is 20.2 Å². The van der Waals surface area contributed by atoms with Crippen molar-refractivity contribution in [1.29, 1.82) is 0 Å². The lowest BCUT2D eigenvalue weighted by Gasteiger charge is -2.23. The average molecular weight is 979 g/mol. The van der Waals surface area contributed by atoms with Crippen molar-refractivity contribution >= 4 is 78.5 Å². The lowest BCUT2D eigenvalue weighted by atomic mass is 10.2. The average Bonchev–Trinajstić information content (AvgIpc) is 4.24. The van der Waals surface area contributed by atoms with Gasteiger partial charge in [0.25, 0.3) is 11.4 Å². The first kappa shape index (κ1) is 51.2. The molecule has 3 aromatic carbocycles. The van der Waals surface area contributed by atoms with Gasteiger partial charge in [0.05, 0.1) is 20.4 Å². The third-order valence-electron chi connectivity index (χ3n) is 13.3. The molecule has 4 aromatic heterocycles. The Hall–Kier alpha value is -5.62. The number of amidine groups is 1. The highest BCUT2D eigenvalue weighted by Gasteiger charge is 2.23. The van der Waals surface area contributed by atoms with Gasteiger partial charge in [-0.2, -0.15) is 0 Å². The van der Waals surface area contributed by atoms with E-state index in [1.54, 1.807) is 35.6 Å². The summed E-state index contributed by atoms with van der Waals surface area (Å²) in [5.74, 6) is 1.20. The largest absolute Gasteiger partial charge is 0.383 e. The number of alkyl halides is 1. The molecule has 4 N–H and O–H groups in total. The van der Waals surface area contributed by atoms with Gasteiger partial charge in [-0.1, -0.05) is 19.9 Å². The van der Waals surface area contributed by atoms with Crippen molar-refractivity contribution in [1.82, 2.24) is 34.1 Å². The number of nitro benzene ring substituents is 2. The third kappa shape index (κ3) is 14.0. The van der Waals surface area contributed by atoms with Crippen LogP contribution in [0.25, 0.3) is 32.7 Å². The molecule has 7 aromatic rings. The predicted octanol–water partition coefficient (Wildman–Crippen LogP) is 10.4. The fraction of sp³-hybridized carbons (Fsp3) is 0.442. The lowest BCUT2D eigenvalue weighted by molar-refractivity contribution is -0.384. The summed E-state index contributed by atoms with van der Waals surface area (Å²) >= 11 is 7.25. The maximum absolute atomic E-state index is 10.8. The monoisotopic (exact) mass is 977 g/mol. The van der Waals surface area contributed by atoms with Crippen LogP contribution in [0.4, 0.5) is 17.1 Å². The van der Waals surface area contributed by atoms with E-state index in [1.807, 2.05) is 48.1 Å². The van der Waals surface area contributed by atoms with Crippen molar-refractivity contribution < 1.29 is 9.85 Å². The number of rotatable bonds is 21. The Kier molecular flexibility index (Phi) is 19.2. The van der Waals surface area contributed by atoms with Crippen molar-refractivity contribution in [3.8, 4) is 0 Å². The molecule has 2 saturated heterocycles. The number of nitrogens with zero attached hydrogens (tertiary/aromatic N) is 8. The Morgan fingerprint density at radius 2 is 1.17 bits per heavy atom. The molecular formula is C52H68ClN11O4S. The Labute approximate surface area is 414 Å². The van der Waals surface area contributed by atoms with Crippen LogP contribution in [0.1, 0.15) is 63.7 Å². The highest BCUT2D eigenvalue weighted by molar-refractivity contribution is 7.12. The predicted molar refractivity (Wildman–Crippen MR) is 285 cm³/mol. The SMILES string of the molecule is CCN1CCCC1CNCCCn1ccc2cc(N=C(N)c3cccs3)ccc21.CCN1CCCC1CNCCCn1ccc2cc([N+](=O)[O-])ccc21.O=[N+]([O-])c1ccc2c(ccn2CCCCl)c1. The fourth-order valence-electron chi connectivity index (χ4n) is 9.66. The van der Waals surface area contributed by atoms with Gasteiger partial charge in [0.2, 0.25) is 0 Å². The van der Waals surface area contributed by atoms with E-state index in [1.165, 1.54) is 62.3 Å². The zero-order valence-corrected chi connectivity index (χ0v) is 41.6. The standard InChI is InChI=1S/C23H31N5S.C18H26N4O2.C11H11ClN2O2/c1-2-27-12-3-6-20(27)17-25-11-5-13-28-14-10-18-16-19(8-9-21(18)28)26-23(24)22-7-4-15-29-22;1-2-20-10-3-5-17(20)14-19-9-4-11-21-12-8-15-13-16(22(23)24)6-7-18(15)21;12-5-1-6-13-7-4-9-8-10(14(15)16)2-3-11(9)13/h4,7-10,14-16,20,25H,2-3,5-6,11-13,17H2,1H3,(H2,24,26);6-8,12-13,17,19H,2-5,9-11,14H2,1H3;2-4,7-8H,1,5-6H2. The molecule has 0 spiro atoms. The molecule has 0 amide bonds. The van der Waals surface area contributed by atoms with Crippen LogP contribution in [0, 0.1) is 20.2 Å². The highest BCUT2D eigenvalue weighted by Crippen LogP contribution is 2.26. The molecule has 69 heavy (non-hydrogen) atoms. The molecule has 15 nitrogen and oxygen atoms in total. The van der Waals surface area contributed by atoms with Crippen LogP contribution in [0.15, 0.2) is 114 Å². The van der Waals surface area contributed by atoms with E-state index in [-0.39, 0.29) is 21.2 Å². The van der Waals surface area contributed by atoms with E-state index < -0.39 is 0 Å². The molecule has 2 atom stereocenters. The highest BCUT2D eigenvalue weighted by atomic mass is 35.5. The van der Waals surface area contributed by atoms with E-state index in [4.69, 9.17) is 17.3 Å². The molecule has 0 aliphatic carbocycles. The molecule has 2 fully saturated rings. The minimum atomic E-state index is -0.379. The number of nitro groups is 2. The van der Waals surface area contributed by atoms with Crippen molar-refractivity contribution in [2.75, 3.05) is 58.2 Å². The summed E-state index contributed by atoms with van der Waals surface area (Å²) in [5.41, 5.74) is 10.6. The number of hydrogen-bond donors (Lipinski definition) is 3. The number of likely N-dealkylation sites (tertiary alicyclic amines) is 2. The quantitative estimate of drug-likeness (QED) is 0.0158. The van der Waals surface area contributed by atoms with Crippen LogP contribution >= 0.6 is 22.9 Å². The fourth-order valence-corrected chi connectivity index (χ4v) is 10.4. The number of halogens is 1. The van der Waals surface area contributed by atoms with Crippen molar-refractivity contribution in [3.63, 3.8) is 0 Å². The maximum atomic E-state index is 10.8. The van der Waals surface area contributed by atoms with Crippen LogP contribution in [0.2, 0.25) is 0 Å². The Balaban J connectivity index is 0.000000159. The van der Waals surface area contributed by atoms with E-state index >= 15 is 0 Å². The number of thiophene rings is 1. The Bertz CT molecular complexity index is 2750. The Morgan fingerprint density at radius 1 is 0.696 bits per heavy atom. The molecule has 0 bridgehead atoms. The second-order valence-corrected chi connectivity index (χ2v) is 19.1. The van der Waals surface area contributed by atoms with Gasteiger partial charge in [0.15, 0.2) is 0 Å². The molecule has 6 heterocycles. The number of aromatic nitrogens is 3. The summed E-state index contributed by atoms with van der Waals surface area (Å²) < 4.78 is 6.57. The number of nitrogens with two attached hydrogens (primary N) is 1. The summed E-state index contributed by atoms with van der Waals surface area (Å²) in [6.07, 6.45) is 14.5. The van der Waals surface area contributed by atoms with Crippen molar-refractivity contribution in [2.45, 2.75) is 90.5 Å². The summed E-state index contributed by atoms with van der Waals surface area (Å²) in [6, 6.07) is 27.7. The van der Waals surface area contributed by atoms with Gasteiger partial charge in [-0.25, -0.2) is 4.99 Å². The van der Waals surface area contributed by atoms with Gasteiger partial charge >= 0.3 is 0 Å². The maximum Gasteiger partial charge on any atom is 0.270 e. The topological polar surface area (TPSA) is 170 Å². The first-order chi connectivity index (χ1) is 33.6. The summed E-state index contributed by atoms with van der Waals surface area (Å²) in [4.78, 5) is 31.5. The first-order valence-electron chi connectivity index (χ1n) is 24.5. The molecular weight excluding hydrogens is 910 g/mol. The van der Waals surface area contributed by atoms with Gasteiger partial charge < -0.3 is 30.1 Å². The number of benzene rings is 3. The molecule has 2 aliphatic rings. The number of hydrogen-bond acceptors (Lipinski definition) is 10. The van der Waals surface area contributed by atoms with Gasteiger partial charge in [-0.3, -0.25) is 30.0 Å². The normalized spacial score (nSPS) is 16.5. The smallest absolute Gasteiger partial charge is 0.270 e. The van der Waals surface area contributed by atoms with Gasteiger partial charge in [-0.05, 0) is 144 Å². The molecule has 9 rings (SSSR count). The third-order valence-corrected chi connectivity index (χ3v) is 14.5. The summed E-state index contributed by atoms with van der Waals surface area (Å²) in [5, 5.41) is 33.7. The molecule has 0 radical (unpaired) electrons. The number of fused-ring (bicyclic) bond motifs is 3. The lowest BCUT2D eigenvalue weighted by Crippen LogP contribution is -2.38. The molecule has 2 aliphatic heterocycles.